The molecule has 1 aliphatic rings. The third-order valence-corrected chi connectivity index (χ3v) is 3.86. The van der Waals surface area contributed by atoms with E-state index in [4.69, 9.17) is 9.47 Å². The highest BCUT2D eigenvalue weighted by Gasteiger charge is 2.20. The van der Waals surface area contributed by atoms with E-state index in [0.29, 0.717) is 6.04 Å². The summed E-state index contributed by atoms with van der Waals surface area (Å²) in [6, 6.07) is 6.86. The van der Waals surface area contributed by atoms with Crippen LogP contribution in [0.15, 0.2) is 18.2 Å². The number of fused-ring (bicyclic) bond motifs is 1. The van der Waals surface area contributed by atoms with Crippen LogP contribution in [-0.2, 0) is 15.9 Å². The van der Waals surface area contributed by atoms with Gasteiger partial charge in [-0.05, 0) is 37.5 Å². The van der Waals surface area contributed by atoms with Gasteiger partial charge in [-0.2, -0.15) is 0 Å². The predicted octanol–water partition coefficient (Wildman–Crippen LogP) is 2.53. The summed E-state index contributed by atoms with van der Waals surface area (Å²) in [7, 11) is 3.51. The first kappa shape index (κ1) is 15.1. The van der Waals surface area contributed by atoms with Crippen molar-refractivity contribution in [1.82, 2.24) is 0 Å². The lowest BCUT2D eigenvalue weighted by Gasteiger charge is -2.34. The van der Waals surface area contributed by atoms with Crippen LogP contribution in [0, 0.1) is 0 Å². The molecule has 0 radical (unpaired) electrons. The molecule has 4 nitrogen and oxygen atoms in total. The Morgan fingerprint density at radius 2 is 2.15 bits per heavy atom. The highest BCUT2D eigenvalue weighted by Crippen LogP contribution is 2.32. The molecule has 0 amide bonds. The second-order valence-electron chi connectivity index (χ2n) is 5.32. The molecule has 0 spiro atoms. The van der Waals surface area contributed by atoms with Gasteiger partial charge < -0.3 is 19.7 Å². The van der Waals surface area contributed by atoms with E-state index >= 15 is 0 Å². The highest BCUT2D eigenvalue weighted by atomic mass is 16.5. The number of benzene rings is 1. The van der Waals surface area contributed by atoms with Gasteiger partial charge in [0, 0.05) is 44.7 Å². The maximum atomic E-state index is 5.33. The van der Waals surface area contributed by atoms with Gasteiger partial charge in [-0.15, -0.1) is 0 Å². The zero-order valence-electron chi connectivity index (χ0n) is 12.8. The first-order chi connectivity index (χ1) is 9.77. The number of ether oxygens (including phenoxy) is 2. The van der Waals surface area contributed by atoms with Gasteiger partial charge in [-0.1, -0.05) is 6.07 Å². The number of nitrogens with zero attached hydrogens (tertiary/aromatic N) is 1. The van der Waals surface area contributed by atoms with Crippen LogP contribution in [0.3, 0.4) is 0 Å². The minimum atomic E-state index is 0.337. The lowest BCUT2D eigenvalue weighted by molar-refractivity contribution is 0.171. The molecule has 1 aromatic carbocycles. The van der Waals surface area contributed by atoms with Gasteiger partial charge >= 0.3 is 0 Å². The molecule has 1 N–H and O–H groups in total. The number of hydrogen-bond acceptors (Lipinski definition) is 4. The molecule has 20 heavy (non-hydrogen) atoms. The molecule has 0 fully saturated rings. The monoisotopic (exact) mass is 278 g/mol. The SMILES string of the molecule is COCCN(c1cccc2c1CCCN2)C(C)COC. The Bertz CT molecular complexity index is 423. The summed E-state index contributed by atoms with van der Waals surface area (Å²) in [4.78, 5) is 2.40. The van der Waals surface area contributed by atoms with Crippen molar-refractivity contribution in [2.75, 3.05) is 50.7 Å². The molecule has 0 saturated carbocycles. The Labute approximate surface area is 122 Å². The molecule has 1 aliphatic heterocycles. The molecule has 0 aromatic heterocycles. The van der Waals surface area contributed by atoms with Gasteiger partial charge in [0.05, 0.1) is 13.2 Å². The van der Waals surface area contributed by atoms with Crippen LogP contribution in [0.5, 0.6) is 0 Å². The molecule has 0 bridgehead atoms. The van der Waals surface area contributed by atoms with Crippen molar-refractivity contribution < 1.29 is 9.47 Å². The van der Waals surface area contributed by atoms with Gasteiger partial charge in [0.1, 0.15) is 0 Å². The number of anilines is 2. The van der Waals surface area contributed by atoms with Crippen molar-refractivity contribution in [1.29, 1.82) is 0 Å². The van der Waals surface area contributed by atoms with Gasteiger partial charge in [-0.3, -0.25) is 0 Å². The molecule has 2 rings (SSSR count). The summed E-state index contributed by atoms with van der Waals surface area (Å²) in [6.07, 6.45) is 2.34. The van der Waals surface area contributed by atoms with E-state index in [9.17, 15) is 0 Å². The lowest BCUT2D eigenvalue weighted by atomic mass is 10.00. The number of nitrogens with one attached hydrogen (secondary N) is 1. The summed E-state index contributed by atoms with van der Waals surface area (Å²) in [6.45, 7) is 5.61. The second kappa shape index (κ2) is 7.50. The summed E-state index contributed by atoms with van der Waals surface area (Å²) >= 11 is 0. The number of methoxy groups -OCH3 is 2. The fourth-order valence-electron chi connectivity index (χ4n) is 2.86. The maximum Gasteiger partial charge on any atom is 0.0663 e. The zero-order valence-corrected chi connectivity index (χ0v) is 12.8. The Hall–Kier alpha value is -1.26. The smallest absolute Gasteiger partial charge is 0.0663 e. The molecule has 4 heteroatoms. The Balaban J connectivity index is 2.27. The summed E-state index contributed by atoms with van der Waals surface area (Å²) in [5, 5.41) is 3.50. The molecular weight excluding hydrogens is 252 g/mol. The van der Waals surface area contributed by atoms with E-state index < -0.39 is 0 Å². The summed E-state index contributed by atoms with van der Waals surface area (Å²) in [5.41, 5.74) is 4.02. The standard InChI is InChI=1S/C16H26N2O2/c1-13(12-20-3)18(10-11-19-2)16-8-4-7-15-14(16)6-5-9-17-15/h4,7-8,13,17H,5-6,9-12H2,1-3H3. The fraction of sp³-hybridized carbons (Fsp3) is 0.625. The average Bonchev–Trinajstić information content (AvgIpc) is 2.48. The van der Waals surface area contributed by atoms with E-state index in [0.717, 1.165) is 32.7 Å². The van der Waals surface area contributed by atoms with Crippen LogP contribution in [0.4, 0.5) is 11.4 Å². The van der Waals surface area contributed by atoms with Crippen LogP contribution in [0.1, 0.15) is 18.9 Å². The third-order valence-electron chi connectivity index (χ3n) is 3.86. The van der Waals surface area contributed by atoms with Gasteiger partial charge in [0.15, 0.2) is 0 Å². The van der Waals surface area contributed by atoms with Gasteiger partial charge in [0.2, 0.25) is 0 Å². The molecule has 1 unspecified atom stereocenters. The molecule has 1 aromatic rings. The topological polar surface area (TPSA) is 33.7 Å². The van der Waals surface area contributed by atoms with E-state index in [2.05, 4.69) is 35.3 Å². The van der Waals surface area contributed by atoms with Gasteiger partial charge in [-0.25, -0.2) is 0 Å². The largest absolute Gasteiger partial charge is 0.385 e. The van der Waals surface area contributed by atoms with Crippen molar-refractivity contribution in [3.8, 4) is 0 Å². The Morgan fingerprint density at radius 3 is 2.90 bits per heavy atom. The van der Waals surface area contributed by atoms with E-state index in [1.165, 1.54) is 23.4 Å². The maximum absolute atomic E-state index is 5.33. The minimum absolute atomic E-state index is 0.337. The van der Waals surface area contributed by atoms with E-state index in [-0.39, 0.29) is 0 Å². The molecular formula is C16H26N2O2. The van der Waals surface area contributed by atoms with Crippen LogP contribution < -0.4 is 10.2 Å². The zero-order chi connectivity index (χ0) is 14.4. The van der Waals surface area contributed by atoms with Crippen LogP contribution in [-0.4, -0.2) is 46.6 Å². The van der Waals surface area contributed by atoms with Crippen LogP contribution in [0.25, 0.3) is 0 Å². The van der Waals surface area contributed by atoms with Crippen molar-refractivity contribution in [2.24, 2.45) is 0 Å². The molecule has 1 atom stereocenters. The number of rotatable bonds is 7. The molecule has 0 aliphatic carbocycles. The lowest BCUT2D eigenvalue weighted by Crippen LogP contribution is -2.39. The normalized spacial score (nSPS) is 15.3. The van der Waals surface area contributed by atoms with Crippen molar-refractivity contribution in [3.05, 3.63) is 23.8 Å². The van der Waals surface area contributed by atoms with Crippen molar-refractivity contribution >= 4 is 11.4 Å². The average molecular weight is 278 g/mol. The minimum Gasteiger partial charge on any atom is -0.385 e. The number of hydrogen-bond donors (Lipinski definition) is 1. The van der Waals surface area contributed by atoms with E-state index in [1.807, 2.05) is 0 Å². The first-order valence-electron chi connectivity index (χ1n) is 7.38. The third kappa shape index (κ3) is 3.44. The van der Waals surface area contributed by atoms with E-state index in [1.54, 1.807) is 14.2 Å². The molecule has 0 saturated heterocycles. The second-order valence-corrected chi connectivity index (χ2v) is 5.32. The summed E-state index contributed by atoms with van der Waals surface area (Å²) < 4.78 is 10.6. The van der Waals surface area contributed by atoms with Gasteiger partial charge in [0.25, 0.3) is 0 Å². The summed E-state index contributed by atoms with van der Waals surface area (Å²) in [5.74, 6) is 0. The van der Waals surface area contributed by atoms with Crippen LogP contribution in [0.2, 0.25) is 0 Å². The van der Waals surface area contributed by atoms with Crippen molar-refractivity contribution in [2.45, 2.75) is 25.8 Å². The quantitative estimate of drug-likeness (QED) is 0.831. The van der Waals surface area contributed by atoms with Crippen molar-refractivity contribution in [3.63, 3.8) is 0 Å². The highest BCUT2D eigenvalue weighted by molar-refractivity contribution is 5.68. The first-order valence-corrected chi connectivity index (χ1v) is 7.38. The van der Waals surface area contributed by atoms with Crippen LogP contribution >= 0.6 is 0 Å². The molecule has 1 heterocycles. The Morgan fingerprint density at radius 1 is 1.30 bits per heavy atom. The molecule has 112 valence electrons. The fourth-order valence-corrected chi connectivity index (χ4v) is 2.86. The Kier molecular flexibility index (Phi) is 5.68. The predicted molar refractivity (Wildman–Crippen MR) is 83.8 cm³/mol.